The van der Waals surface area contributed by atoms with Gasteiger partial charge in [-0.1, -0.05) is 26.7 Å². The Morgan fingerprint density at radius 1 is 1.00 bits per heavy atom. The van der Waals surface area contributed by atoms with Gasteiger partial charge in [0.15, 0.2) is 0 Å². The zero-order chi connectivity index (χ0) is 6.83. The second-order valence-electron chi connectivity index (χ2n) is 1.29. The van der Waals surface area contributed by atoms with Gasteiger partial charge in [-0.25, -0.2) is 0 Å². The van der Waals surface area contributed by atoms with Crippen molar-refractivity contribution in [3.63, 3.8) is 0 Å². The van der Waals surface area contributed by atoms with Crippen molar-refractivity contribution < 1.29 is 19.5 Å². The minimum Gasteiger partial charge on any atom is -0.518 e. The third kappa shape index (κ3) is 68.2. The van der Waals surface area contributed by atoms with Gasteiger partial charge >= 0.3 is 19.5 Å². The summed E-state index contributed by atoms with van der Waals surface area (Å²) >= 11 is 0. The Kier molecular flexibility index (Phi) is 43.3. The van der Waals surface area contributed by atoms with Gasteiger partial charge in [-0.15, -0.1) is 0 Å². The molecular formula is C8H14Zn. The predicted octanol–water partition coefficient (Wildman–Crippen LogP) is 2.77. The molecule has 0 nitrogen and oxygen atoms in total. The number of hydrogen-bond acceptors (Lipinski definition) is 0. The third-order valence-electron chi connectivity index (χ3n) is 0.471. The van der Waals surface area contributed by atoms with E-state index in [4.69, 9.17) is 13.2 Å². The first-order valence-corrected chi connectivity index (χ1v) is 2.90. The van der Waals surface area contributed by atoms with Gasteiger partial charge < -0.3 is 13.2 Å². The first-order valence-electron chi connectivity index (χ1n) is 2.90. The molecule has 0 fully saturated rings. The molecule has 0 aliphatic heterocycles. The predicted molar refractivity (Wildman–Crippen MR) is 38.3 cm³/mol. The molecule has 0 heterocycles. The van der Waals surface area contributed by atoms with Crippen molar-refractivity contribution in [1.82, 2.24) is 0 Å². The molecule has 0 bridgehead atoms. The van der Waals surface area contributed by atoms with Crippen molar-refractivity contribution in [2.24, 2.45) is 0 Å². The molecule has 0 aromatic rings. The Hall–Kier alpha value is 0.103. The third-order valence-corrected chi connectivity index (χ3v) is 0.471. The normalized spacial score (nSPS) is 5.56. The van der Waals surface area contributed by atoms with E-state index >= 15 is 0 Å². The Balaban J connectivity index is -0.0000000720. The van der Waals surface area contributed by atoms with E-state index in [1.165, 1.54) is 0 Å². The Morgan fingerprint density at radius 3 is 1.11 bits per heavy atom. The monoisotopic (exact) mass is 174 g/mol. The van der Waals surface area contributed by atoms with Gasteiger partial charge in [0, 0.05) is 0 Å². The quantitative estimate of drug-likeness (QED) is 0.447. The molecule has 0 N–H and O–H groups in total. The van der Waals surface area contributed by atoms with Crippen LogP contribution in [0.1, 0.15) is 26.7 Å². The van der Waals surface area contributed by atoms with Gasteiger partial charge in [0.1, 0.15) is 0 Å². The van der Waals surface area contributed by atoms with Crippen LogP contribution in [0.3, 0.4) is 0 Å². The van der Waals surface area contributed by atoms with E-state index in [-0.39, 0.29) is 19.5 Å². The van der Waals surface area contributed by atoms with Crippen LogP contribution in [0.5, 0.6) is 0 Å². The van der Waals surface area contributed by atoms with E-state index in [9.17, 15) is 0 Å². The summed E-state index contributed by atoms with van der Waals surface area (Å²) in [5.74, 6) is 0. The van der Waals surface area contributed by atoms with Gasteiger partial charge in [-0.2, -0.15) is 0 Å². The standard InChI is InChI=1S/2C4H7.Zn/c2*1-3-4-2;/h2*1,3H,4H2,2H3;/q2*-1;+2. The molecule has 0 saturated heterocycles. The summed E-state index contributed by atoms with van der Waals surface area (Å²) < 4.78 is 0. The van der Waals surface area contributed by atoms with Crippen LogP contribution in [0.25, 0.3) is 0 Å². The molecule has 0 amide bonds. The molecule has 48 valence electrons. The average molecular weight is 176 g/mol. The molecular weight excluding hydrogens is 161 g/mol. The fraction of sp³-hybridized carbons (Fsp3) is 0.500. The maximum absolute atomic E-state index is 4.90. The minimum absolute atomic E-state index is 0. The van der Waals surface area contributed by atoms with E-state index in [2.05, 4.69) is 0 Å². The van der Waals surface area contributed by atoms with Crippen molar-refractivity contribution in [2.75, 3.05) is 0 Å². The molecule has 0 aliphatic rings. The number of allylic oxidation sites excluding steroid dienone is 2. The van der Waals surface area contributed by atoms with Gasteiger partial charge in [-0.05, 0) is 0 Å². The molecule has 0 atom stereocenters. The van der Waals surface area contributed by atoms with Crippen LogP contribution < -0.4 is 0 Å². The topological polar surface area (TPSA) is 0 Å². The van der Waals surface area contributed by atoms with E-state index in [0.717, 1.165) is 12.8 Å². The van der Waals surface area contributed by atoms with Crippen LogP contribution >= 0.6 is 0 Å². The summed E-state index contributed by atoms with van der Waals surface area (Å²) in [4.78, 5) is 0. The Bertz CT molecular complexity index is 40.5. The summed E-state index contributed by atoms with van der Waals surface area (Å²) in [6.45, 7) is 13.8. The molecule has 0 aromatic carbocycles. The molecule has 9 heavy (non-hydrogen) atoms. The first kappa shape index (κ1) is 16.0. The number of rotatable bonds is 2. The van der Waals surface area contributed by atoms with Gasteiger partial charge in [0.05, 0.1) is 0 Å². The molecule has 0 rings (SSSR count). The molecule has 0 spiro atoms. The van der Waals surface area contributed by atoms with E-state index in [1.807, 2.05) is 13.8 Å². The fourth-order valence-electron chi connectivity index (χ4n) is 0. The van der Waals surface area contributed by atoms with Crippen LogP contribution in [-0.4, -0.2) is 0 Å². The van der Waals surface area contributed by atoms with Crippen molar-refractivity contribution in [3.05, 3.63) is 25.3 Å². The maximum Gasteiger partial charge on any atom is 2.00 e. The smallest absolute Gasteiger partial charge is 0.518 e. The van der Waals surface area contributed by atoms with Crippen LogP contribution in [0.15, 0.2) is 12.2 Å². The summed E-state index contributed by atoms with van der Waals surface area (Å²) in [5, 5.41) is 0. The van der Waals surface area contributed by atoms with E-state index < -0.39 is 0 Å². The van der Waals surface area contributed by atoms with Crippen molar-refractivity contribution in [2.45, 2.75) is 26.7 Å². The number of hydrogen-bond donors (Lipinski definition) is 0. The second-order valence-corrected chi connectivity index (χ2v) is 1.29. The largest absolute Gasteiger partial charge is 2.00 e. The minimum atomic E-state index is 0. The summed E-state index contributed by atoms with van der Waals surface area (Å²) in [6.07, 6.45) is 5.19. The van der Waals surface area contributed by atoms with Crippen LogP contribution in [0.2, 0.25) is 0 Å². The van der Waals surface area contributed by atoms with Crippen molar-refractivity contribution >= 4 is 0 Å². The van der Waals surface area contributed by atoms with Crippen molar-refractivity contribution in [1.29, 1.82) is 0 Å². The summed E-state index contributed by atoms with van der Waals surface area (Å²) in [6, 6.07) is 0. The molecule has 0 aliphatic carbocycles. The van der Waals surface area contributed by atoms with Crippen LogP contribution in [0, 0.1) is 13.2 Å². The molecule has 0 saturated carbocycles. The Morgan fingerprint density at radius 2 is 1.11 bits per heavy atom. The zero-order valence-corrected chi connectivity index (χ0v) is 9.40. The summed E-state index contributed by atoms with van der Waals surface area (Å²) in [5.41, 5.74) is 0. The molecule has 0 aromatic heterocycles. The zero-order valence-electron chi connectivity index (χ0n) is 6.43. The molecule has 0 radical (unpaired) electrons. The fourth-order valence-corrected chi connectivity index (χ4v) is 0. The average Bonchev–Trinajstić information content (AvgIpc) is 1.88. The van der Waals surface area contributed by atoms with Gasteiger partial charge in [0.25, 0.3) is 0 Å². The SMILES string of the molecule is [CH-]=CCC.[CH-]=CCC.[Zn+2]. The molecule has 1 heteroatoms. The molecule has 0 unspecified atom stereocenters. The second kappa shape index (κ2) is 24.3. The van der Waals surface area contributed by atoms with Gasteiger partial charge in [0.2, 0.25) is 0 Å². The Labute approximate surface area is 71.8 Å². The van der Waals surface area contributed by atoms with Gasteiger partial charge in [-0.3, -0.25) is 12.2 Å². The van der Waals surface area contributed by atoms with Crippen LogP contribution in [-0.2, 0) is 19.5 Å². The summed E-state index contributed by atoms with van der Waals surface area (Å²) in [7, 11) is 0. The van der Waals surface area contributed by atoms with E-state index in [1.54, 1.807) is 12.2 Å². The van der Waals surface area contributed by atoms with Crippen LogP contribution in [0.4, 0.5) is 0 Å². The first-order chi connectivity index (χ1) is 3.83. The maximum atomic E-state index is 4.90. The van der Waals surface area contributed by atoms with E-state index in [0.29, 0.717) is 0 Å². The van der Waals surface area contributed by atoms with Crippen molar-refractivity contribution in [3.8, 4) is 0 Å².